The van der Waals surface area contributed by atoms with E-state index < -0.39 is 0 Å². The van der Waals surface area contributed by atoms with Crippen LogP contribution in [0, 0.1) is 0 Å². The molecule has 0 aliphatic carbocycles. The highest BCUT2D eigenvalue weighted by atomic mass is 32.1. The van der Waals surface area contributed by atoms with Crippen molar-refractivity contribution in [3.63, 3.8) is 0 Å². The summed E-state index contributed by atoms with van der Waals surface area (Å²) in [7, 11) is 3.20. The Morgan fingerprint density at radius 1 is 1.22 bits per heavy atom. The third-order valence-corrected chi connectivity index (χ3v) is 5.08. The predicted octanol–water partition coefficient (Wildman–Crippen LogP) is 4.01. The summed E-state index contributed by atoms with van der Waals surface area (Å²) in [6.07, 6.45) is 1.88. The molecule has 0 saturated carbocycles. The molecule has 0 saturated heterocycles. The Morgan fingerprint density at radius 2 is 2.04 bits per heavy atom. The summed E-state index contributed by atoms with van der Waals surface area (Å²) in [5.41, 5.74) is 1.74. The van der Waals surface area contributed by atoms with Crippen LogP contribution in [-0.2, 0) is 17.8 Å². The summed E-state index contributed by atoms with van der Waals surface area (Å²) >= 11 is 1.48. The van der Waals surface area contributed by atoms with Crippen molar-refractivity contribution in [3.05, 3.63) is 53.2 Å². The molecule has 0 atom stereocenters. The zero-order valence-corrected chi connectivity index (χ0v) is 16.4. The summed E-state index contributed by atoms with van der Waals surface area (Å²) in [5, 5.41) is 2.69. The maximum absolute atomic E-state index is 12.7. The second-order valence-corrected chi connectivity index (χ2v) is 6.75. The maximum atomic E-state index is 12.7. The smallest absolute Gasteiger partial charge is 0.228 e. The van der Waals surface area contributed by atoms with E-state index in [-0.39, 0.29) is 12.3 Å². The molecule has 0 spiro atoms. The first-order valence-corrected chi connectivity index (χ1v) is 9.49. The Hall–Kier alpha value is -2.80. The molecule has 0 radical (unpaired) electrons. The number of ether oxygens (including phenoxy) is 2. The lowest BCUT2D eigenvalue weighted by atomic mass is 10.1. The van der Waals surface area contributed by atoms with E-state index in [0.29, 0.717) is 24.6 Å². The number of carbonyl (C=O) groups is 1. The Kier molecular flexibility index (Phi) is 6.13. The number of carbonyl (C=O) groups excluding carboxylic acids is 1. The number of hydrogen-bond donors (Lipinski definition) is 0. The van der Waals surface area contributed by atoms with Crippen LogP contribution in [0.25, 0.3) is 10.8 Å². The van der Waals surface area contributed by atoms with Gasteiger partial charge in [-0.15, -0.1) is 11.3 Å². The normalized spacial score (nSPS) is 10.6. The van der Waals surface area contributed by atoms with Crippen LogP contribution in [-0.4, -0.2) is 36.6 Å². The number of benzene rings is 1. The number of thiazole rings is 1. The molecule has 0 fully saturated rings. The second-order valence-electron chi connectivity index (χ2n) is 5.90. The molecule has 2 heterocycles. The number of nitrogens with zero attached hydrogens (tertiary/aromatic N) is 2. The monoisotopic (exact) mass is 386 g/mol. The number of methoxy groups -OCH3 is 2. The van der Waals surface area contributed by atoms with E-state index in [2.05, 4.69) is 4.98 Å². The molecular weight excluding hydrogens is 364 g/mol. The number of hydrogen-bond acceptors (Lipinski definition) is 6. The van der Waals surface area contributed by atoms with Crippen LogP contribution in [0.1, 0.15) is 18.2 Å². The molecule has 27 heavy (non-hydrogen) atoms. The van der Waals surface area contributed by atoms with Gasteiger partial charge in [-0.25, -0.2) is 4.98 Å². The molecule has 0 bridgehead atoms. The Morgan fingerprint density at radius 3 is 2.70 bits per heavy atom. The SMILES string of the molecule is CCN(Cc1ccc(OC)c(OC)c1)C(=O)Cc1csc(-c2ccco2)n1. The van der Waals surface area contributed by atoms with Crippen molar-refractivity contribution in [1.82, 2.24) is 9.88 Å². The highest BCUT2D eigenvalue weighted by Gasteiger charge is 2.16. The van der Waals surface area contributed by atoms with Crippen LogP contribution in [0.3, 0.4) is 0 Å². The fourth-order valence-electron chi connectivity index (χ4n) is 2.74. The molecule has 7 heteroatoms. The number of furan rings is 1. The second kappa shape index (κ2) is 8.73. The summed E-state index contributed by atoms with van der Waals surface area (Å²) in [6, 6.07) is 9.37. The maximum Gasteiger partial charge on any atom is 0.228 e. The molecule has 0 aliphatic heterocycles. The van der Waals surface area contributed by atoms with Crippen molar-refractivity contribution in [2.45, 2.75) is 19.9 Å². The molecule has 142 valence electrons. The van der Waals surface area contributed by atoms with Gasteiger partial charge in [0.2, 0.25) is 5.91 Å². The zero-order chi connectivity index (χ0) is 19.2. The molecular formula is C20H22N2O4S. The first-order chi connectivity index (χ1) is 13.1. The molecule has 3 aromatic rings. The molecule has 1 aromatic carbocycles. The van der Waals surface area contributed by atoms with Crippen LogP contribution >= 0.6 is 11.3 Å². The average Bonchev–Trinajstić information content (AvgIpc) is 3.37. The number of aromatic nitrogens is 1. The van der Waals surface area contributed by atoms with Crippen LogP contribution in [0.2, 0.25) is 0 Å². The highest BCUT2D eigenvalue weighted by molar-refractivity contribution is 7.13. The Labute approximate surface area is 162 Å². The van der Waals surface area contributed by atoms with E-state index in [1.54, 1.807) is 25.4 Å². The lowest BCUT2D eigenvalue weighted by Crippen LogP contribution is -2.31. The van der Waals surface area contributed by atoms with Crippen molar-refractivity contribution >= 4 is 17.2 Å². The summed E-state index contributed by atoms with van der Waals surface area (Å²) in [4.78, 5) is 19.0. The van der Waals surface area contributed by atoms with Crippen LogP contribution in [0.5, 0.6) is 11.5 Å². The van der Waals surface area contributed by atoms with E-state index in [4.69, 9.17) is 13.9 Å². The summed E-state index contributed by atoms with van der Waals surface area (Å²) in [5.74, 6) is 2.07. The van der Waals surface area contributed by atoms with Gasteiger partial charge in [0, 0.05) is 18.5 Å². The largest absolute Gasteiger partial charge is 0.493 e. The molecule has 1 amide bonds. The van der Waals surface area contributed by atoms with Crippen LogP contribution in [0.15, 0.2) is 46.4 Å². The van der Waals surface area contributed by atoms with Crippen molar-refractivity contribution in [2.75, 3.05) is 20.8 Å². The lowest BCUT2D eigenvalue weighted by Gasteiger charge is -2.21. The van der Waals surface area contributed by atoms with Crippen LogP contribution in [0.4, 0.5) is 0 Å². The number of amides is 1. The van der Waals surface area contributed by atoms with Gasteiger partial charge in [0.15, 0.2) is 22.3 Å². The number of likely N-dealkylation sites (N-methyl/N-ethyl adjacent to an activating group) is 1. The molecule has 3 rings (SSSR count). The molecule has 0 N–H and O–H groups in total. The summed E-state index contributed by atoms with van der Waals surface area (Å²) in [6.45, 7) is 3.08. The van der Waals surface area contributed by atoms with Crippen molar-refractivity contribution in [3.8, 4) is 22.3 Å². The van der Waals surface area contributed by atoms with E-state index in [1.807, 2.05) is 42.6 Å². The minimum Gasteiger partial charge on any atom is -0.493 e. The minimum atomic E-state index is 0.0311. The van der Waals surface area contributed by atoms with Gasteiger partial charge in [-0.05, 0) is 36.8 Å². The zero-order valence-electron chi connectivity index (χ0n) is 15.6. The van der Waals surface area contributed by atoms with Gasteiger partial charge in [-0.1, -0.05) is 6.07 Å². The predicted molar refractivity (Wildman–Crippen MR) is 104 cm³/mol. The molecule has 6 nitrogen and oxygen atoms in total. The lowest BCUT2D eigenvalue weighted by molar-refractivity contribution is -0.130. The van der Waals surface area contributed by atoms with Crippen molar-refractivity contribution in [2.24, 2.45) is 0 Å². The van der Waals surface area contributed by atoms with Gasteiger partial charge in [0.25, 0.3) is 0 Å². The summed E-state index contributed by atoms with van der Waals surface area (Å²) < 4.78 is 16.0. The third kappa shape index (κ3) is 4.49. The van der Waals surface area contributed by atoms with Gasteiger partial charge in [-0.3, -0.25) is 4.79 Å². The topological polar surface area (TPSA) is 64.8 Å². The Bertz CT molecular complexity index is 889. The Balaban J connectivity index is 1.67. The minimum absolute atomic E-state index is 0.0311. The van der Waals surface area contributed by atoms with E-state index in [1.165, 1.54) is 11.3 Å². The quantitative estimate of drug-likeness (QED) is 0.585. The van der Waals surface area contributed by atoms with Gasteiger partial charge < -0.3 is 18.8 Å². The fraction of sp³-hybridized carbons (Fsp3) is 0.300. The van der Waals surface area contributed by atoms with E-state index >= 15 is 0 Å². The van der Waals surface area contributed by atoms with Crippen molar-refractivity contribution < 1.29 is 18.7 Å². The first kappa shape index (κ1) is 19.0. The van der Waals surface area contributed by atoms with Gasteiger partial charge in [0.1, 0.15) is 0 Å². The van der Waals surface area contributed by atoms with E-state index in [9.17, 15) is 4.79 Å². The van der Waals surface area contributed by atoms with Gasteiger partial charge in [0.05, 0.1) is 32.6 Å². The average molecular weight is 386 g/mol. The molecule has 2 aromatic heterocycles. The third-order valence-electron chi connectivity index (χ3n) is 4.17. The molecule has 0 aliphatic rings. The van der Waals surface area contributed by atoms with Gasteiger partial charge in [-0.2, -0.15) is 0 Å². The van der Waals surface area contributed by atoms with E-state index in [0.717, 1.165) is 22.0 Å². The number of rotatable bonds is 8. The fourth-order valence-corrected chi connectivity index (χ4v) is 3.53. The van der Waals surface area contributed by atoms with Gasteiger partial charge >= 0.3 is 0 Å². The van der Waals surface area contributed by atoms with Crippen molar-refractivity contribution in [1.29, 1.82) is 0 Å². The van der Waals surface area contributed by atoms with Crippen LogP contribution < -0.4 is 9.47 Å². The highest BCUT2D eigenvalue weighted by Crippen LogP contribution is 2.28. The standard InChI is InChI=1S/C20H22N2O4S/c1-4-22(12-14-7-8-16(24-2)18(10-14)25-3)19(23)11-15-13-27-20(21-15)17-6-5-9-26-17/h5-10,13H,4,11-12H2,1-3H3. The molecule has 0 unspecified atom stereocenters. The first-order valence-electron chi connectivity index (χ1n) is 8.61.